The van der Waals surface area contributed by atoms with Crippen LogP contribution >= 0.6 is 0 Å². The van der Waals surface area contributed by atoms with Gasteiger partial charge in [-0.2, -0.15) is 0 Å². The van der Waals surface area contributed by atoms with Crippen molar-refractivity contribution in [3.05, 3.63) is 39.8 Å². The lowest BCUT2D eigenvalue weighted by Crippen LogP contribution is -1.90. The molecule has 16 heavy (non-hydrogen) atoms. The van der Waals surface area contributed by atoms with E-state index >= 15 is 0 Å². The number of aldehydes is 1. The summed E-state index contributed by atoms with van der Waals surface area (Å²) in [5.74, 6) is 6.02. The molecule has 5 heteroatoms. The van der Waals surface area contributed by atoms with E-state index in [1.165, 1.54) is 7.11 Å². The monoisotopic (exact) mass is 215 g/mol. The van der Waals surface area contributed by atoms with E-state index in [1.807, 2.05) is 0 Å². The highest BCUT2D eigenvalue weighted by Gasteiger charge is 2.00. The molecule has 0 aromatic heterocycles. The fourth-order valence-electron chi connectivity index (χ4n) is 1.08. The summed E-state index contributed by atoms with van der Waals surface area (Å²) in [5, 5.41) is 3.27. The number of ether oxygens (including phenoxy) is 1. The molecule has 1 rings (SSSR count). The van der Waals surface area contributed by atoms with Crippen LogP contribution in [0.25, 0.3) is 10.4 Å². The third kappa shape index (κ3) is 3.05. The highest BCUT2D eigenvalue weighted by Crippen LogP contribution is 2.15. The summed E-state index contributed by atoms with van der Waals surface area (Å²) in [6.45, 7) is 0.0754. The third-order valence-electron chi connectivity index (χ3n) is 1.82. The van der Waals surface area contributed by atoms with Crippen LogP contribution in [0.15, 0.2) is 23.3 Å². The van der Waals surface area contributed by atoms with Crippen molar-refractivity contribution >= 4 is 6.29 Å². The maximum Gasteiger partial charge on any atom is 0.151 e. The van der Waals surface area contributed by atoms with Crippen LogP contribution in [0.1, 0.15) is 15.9 Å². The van der Waals surface area contributed by atoms with Crippen molar-refractivity contribution in [2.75, 3.05) is 13.7 Å². The van der Waals surface area contributed by atoms with Crippen LogP contribution in [0.3, 0.4) is 0 Å². The van der Waals surface area contributed by atoms with E-state index in [0.717, 1.165) is 6.29 Å². The summed E-state index contributed by atoms with van der Waals surface area (Å²) in [5.41, 5.74) is 9.10. The summed E-state index contributed by atoms with van der Waals surface area (Å²) in [4.78, 5) is 13.3. The lowest BCUT2D eigenvalue weighted by Gasteiger charge is -2.01. The Morgan fingerprint density at radius 1 is 1.62 bits per heavy atom. The zero-order valence-electron chi connectivity index (χ0n) is 8.67. The third-order valence-corrected chi connectivity index (χ3v) is 1.82. The van der Waals surface area contributed by atoms with Crippen LogP contribution < -0.4 is 4.74 Å². The van der Waals surface area contributed by atoms with Crippen molar-refractivity contribution in [1.29, 1.82) is 0 Å². The summed E-state index contributed by atoms with van der Waals surface area (Å²) in [6, 6.07) is 4.97. The number of hydrogen-bond donors (Lipinski definition) is 0. The van der Waals surface area contributed by atoms with E-state index in [0.29, 0.717) is 16.9 Å². The Kier molecular flexibility index (Phi) is 4.45. The minimum atomic E-state index is 0.0754. The normalized spacial score (nSPS) is 8.31. The highest BCUT2D eigenvalue weighted by atomic mass is 16.5. The number of methoxy groups -OCH3 is 1. The molecule has 0 atom stereocenters. The molecule has 0 heterocycles. The van der Waals surface area contributed by atoms with Gasteiger partial charge in [0.25, 0.3) is 0 Å². The van der Waals surface area contributed by atoms with Gasteiger partial charge in [0, 0.05) is 16.0 Å². The summed E-state index contributed by atoms with van der Waals surface area (Å²) in [6.07, 6.45) is 0.719. The fourth-order valence-corrected chi connectivity index (χ4v) is 1.08. The highest BCUT2D eigenvalue weighted by molar-refractivity contribution is 5.79. The smallest absolute Gasteiger partial charge is 0.151 e. The molecule has 0 radical (unpaired) electrons. The molecular weight excluding hydrogens is 206 g/mol. The lowest BCUT2D eigenvalue weighted by molar-refractivity contribution is 0.112. The number of azide groups is 1. The molecule has 0 fully saturated rings. The van der Waals surface area contributed by atoms with Gasteiger partial charge in [0.2, 0.25) is 0 Å². The number of carbonyl (C=O) groups is 1. The number of hydrogen-bond acceptors (Lipinski definition) is 3. The van der Waals surface area contributed by atoms with Crippen molar-refractivity contribution in [1.82, 2.24) is 0 Å². The Bertz CT molecular complexity index is 494. The van der Waals surface area contributed by atoms with Gasteiger partial charge in [0.15, 0.2) is 6.29 Å². The molecule has 0 aliphatic heterocycles. The van der Waals surface area contributed by atoms with Gasteiger partial charge in [-0.15, -0.1) is 0 Å². The van der Waals surface area contributed by atoms with Crippen LogP contribution in [-0.2, 0) is 0 Å². The van der Waals surface area contributed by atoms with E-state index in [1.54, 1.807) is 18.2 Å². The average Bonchev–Trinajstić information content (AvgIpc) is 2.34. The number of benzene rings is 1. The second-order valence-electron chi connectivity index (χ2n) is 2.76. The van der Waals surface area contributed by atoms with E-state index in [-0.39, 0.29) is 6.54 Å². The van der Waals surface area contributed by atoms with Gasteiger partial charge in [-0.1, -0.05) is 17.0 Å². The van der Waals surface area contributed by atoms with Gasteiger partial charge in [0.1, 0.15) is 5.75 Å². The quantitative estimate of drug-likeness (QED) is 0.255. The standard InChI is InChI=1S/C11H9N3O2/c1-16-11-5-4-10(8-15)9(7-11)3-2-6-13-14-12/h4-5,7-8H,6H2,1H3. The summed E-state index contributed by atoms with van der Waals surface area (Å²) >= 11 is 0. The molecule has 0 aliphatic rings. The van der Waals surface area contributed by atoms with Gasteiger partial charge < -0.3 is 4.74 Å². The molecule has 0 saturated carbocycles. The molecule has 0 spiro atoms. The molecule has 80 valence electrons. The van der Waals surface area contributed by atoms with Crippen LogP contribution in [0.4, 0.5) is 0 Å². The lowest BCUT2D eigenvalue weighted by atomic mass is 10.1. The summed E-state index contributed by atoms with van der Waals surface area (Å²) < 4.78 is 5.02. The molecule has 0 aliphatic carbocycles. The minimum Gasteiger partial charge on any atom is -0.497 e. The van der Waals surface area contributed by atoms with E-state index < -0.39 is 0 Å². The second kappa shape index (κ2) is 6.12. The summed E-state index contributed by atoms with van der Waals surface area (Å²) in [7, 11) is 1.53. The van der Waals surface area contributed by atoms with Crippen LogP contribution in [0, 0.1) is 11.8 Å². The molecule has 0 amide bonds. The zero-order chi connectivity index (χ0) is 11.8. The van der Waals surface area contributed by atoms with Gasteiger partial charge >= 0.3 is 0 Å². The van der Waals surface area contributed by atoms with E-state index in [4.69, 9.17) is 10.3 Å². The Morgan fingerprint density at radius 3 is 3.06 bits per heavy atom. The first-order valence-corrected chi connectivity index (χ1v) is 4.44. The topological polar surface area (TPSA) is 75.1 Å². The number of carbonyl (C=O) groups excluding carboxylic acids is 1. The van der Waals surface area contributed by atoms with Crippen molar-refractivity contribution in [2.24, 2.45) is 5.11 Å². The van der Waals surface area contributed by atoms with Gasteiger partial charge in [-0.3, -0.25) is 4.79 Å². The molecule has 0 N–H and O–H groups in total. The molecule has 1 aromatic rings. The predicted octanol–water partition coefficient (Wildman–Crippen LogP) is 2.17. The Hall–Kier alpha value is -2.44. The predicted molar refractivity (Wildman–Crippen MR) is 59.3 cm³/mol. The molecule has 5 nitrogen and oxygen atoms in total. The number of rotatable bonds is 3. The van der Waals surface area contributed by atoms with Crippen LogP contribution in [0.2, 0.25) is 0 Å². The first-order chi connectivity index (χ1) is 7.81. The Morgan fingerprint density at radius 2 is 2.44 bits per heavy atom. The molecule has 0 bridgehead atoms. The van der Waals surface area contributed by atoms with Crippen LogP contribution in [0.5, 0.6) is 5.75 Å². The molecule has 1 aromatic carbocycles. The first kappa shape index (κ1) is 11.6. The van der Waals surface area contributed by atoms with Gasteiger partial charge in [-0.05, 0) is 23.7 Å². The van der Waals surface area contributed by atoms with Gasteiger partial charge in [-0.25, -0.2) is 0 Å². The SMILES string of the molecule is COc1ccc(C=O)c(C#CCN=[N+]=[N-])c1. The Balaban J connectivity index is 3.02. The maximum absolute atomic E-state index is 10.7. The van der Waals surface area contributed by atoms with Crippen molar-refractivity contribution in [3.63, 3.8) is 0 Å². The van der Waals surface area contributed by atoms with Crippen molar-refractivity contribution in [3.8, 4) is 17.6 Å². The molecule has 0 unspecified atom stereocenters. The maximum atomic E-state index is 10.7. The van der Waals surface area contributed by atoms with Crippen molar-refractivity contribution < 1.29 is 9.53 Å². The van der Waals surface area contributed by atoms with Crippen LogP contribution in [-0.4, -0.2) is 19.9 Å². The average molecular weight is 215 g/mol. The van der Waals surface area contributed by atoms with E-state index in [2.05, 4.69) is 21.9 Å². The van der Waals surface area contributed by atoms with Crippen molar-refractivity contribution in [2.45, 2.75) is 0 Å². The minimum absolute atomic E-state index is 0.0754. The molecular formula is C11H9N3O2. The van der Waals surface area contributed by atoms with Gasteiger partial charge in [0.05, 0.1) is 13.7 Å². The Labute approximate surface area is 92.7 Å². The van der Waals surface area contributed by atoms with E-state index in [9.17, 15) is 4.79 Å². The fraction of sp³-hybridized carbons (Fsp3) is 0.182. The number of nitrogens with zero attached hydrogens (tertiary/aromatic N) is 3. The molecule has 0 saturated heterocycles. The zero-order valence-corrected chi connectivity index (χ0v) is 8.67. The largest absolute Gasteiger partial charge is 0.497 e. The second-order valence-corrected chi connectivity index (χ2v) is 2.76. The first-order valence-electron chi connectivity index (χ1n) is 4.44.